The first-order valence-corrected chi connectivity index (χ1v) is 6.74. The van der Waals surface area contributed by atoms with Gasteiger partial charge in [-0.3, -0.25) is 0 Å². The molecule has 1 unspecified atom stereocenters. The monoisotopic (exact) mass is 257 g/mol. The molecule has 19 heavy (non-hydrogen) atoms. The standard InChI is InChI=1S/C17H20FN/c1-3-19-17(15-9-6-7-13(2)11-15)12-14-8-4-5-10-16(14)18/h4-11,17,19H,3,12H2,1-2H3. The summed E-state index contributed by atoms with van der Waals surface area (Å²) in [4.78, 5) is 0. The molecule has 0 aliphatic heterocycles. The summed E-state index contributed by atoms with van der Waals surface area (Å²) in [6.45, 7) is 5.02. The van der Waals surface area contributed by atoms with E-state index in [1.807, 2.05) is 12.1 Å². The van der Waals surface area contributed by atoms with E-state index in [0.29, 0.717) is 6.42 Å². The van der Waals surface area contributed by atoms with Gasteiger partial charge in [0.15, 0.2) is 0 Å². The first kappa shape index (κ1) is 13.8. The van der Waals surface area contributed by atoms with E-state index in [9.17, 15) is 4.39 Å². The first-order valence-electron chi connectivity index (χ1n) is 6.74. The number of benzene rings is 2. The molecule has 0 fully saturated rings. The third-order valence-corrected chi connectivity index (χ3v) is 3.28. The highest BCUT2D eigenvalue weighted by Crippen LogP contribution is 2.21. The smallest absolute Gasteiger partial charge is 0.126 e. The number of rotatable bonds is 5. The Morgan fingerprint density at radius 1 is 1.11 bits per heavy atom. The number of halogens is 1. The predicted octanol–water partition coefficient (Wildman–Crippen LogP) is 4.03. The Bertz CT molecular complexity index is 536. The van der Waals surface area contributed by atoms with Crippen LogP contribution in [0.25, 0.3) is 0 Å². The van der Waals surface area contributed by atoms with Crippen LogP contribution < -0.4 is 5.32 Å². The van der Waals surface area contributed by atoms with Gasteiger partial charge < -0.3 is 5.32 Å². The molecule has 1 N–H and O–H groups in total. The third kappa shape index (κ3) is 3.65. The maximum atomic E-state index is 13.8. The molecule has 2 heteroatoms. The molecule has 0 aromatic heterocycles. The lowest BCUT2D eigenvalue weighted by Gasteiger charge is -2.19. The molecule has 0 saturated heterocycles. The van der Waals surface area contributed by atoms with Gasteiger partial charge in [-0.15, -0.1) is 0 Å². The summed E-state index contributed by atoms with van der Waals surface area (Å²) in [5.41, 5.74) is 3.20. The second kappa shape index (κ2) is 6.48. The zero-order chi connectivity index (χ0) is 13.7. The highest BCUT2D eigenvalue weighted by molar-refractivity contribution is 5.28. The molecule has 2 aromatic carbocycles. The summed E-state index contributed by atoms with van der Waals surface area (Å²) < 4.78 is 13.8. The number of likely N-dealkylation sites (N-methyl/N-ethyl adjacent to an activating group) is 1. The Kier molecular flexibility index (Phi) is 4.69. The second-order valence-corrected chi connectivity index (χ2v) is 4.82. The van der Waals surface area contributed by atoms with E-state index in [1.54, 1.807) is 6.07 Å². The van der Waals surface area contributed by atoms with Crippen molar-refractivity contribution in [1.29, 1.82) is 0 Å². The van der Waals surface area contributed by atoms with Crippen LogP contribution in [0, 0.1) is 12.7 Å². The van der Waals surface area contributed by atoms with Crippen molar-refractivity contribution in [3.05, 3.63) is 71.0 Å². The molecule has 0 radical (unpaired) electrons. The van der Waals surface area contributed by atoms with Crippen molar-refractivity contribution in [2.24, 2.45) is 0 Å². The van der Waals surface area contributed by atoms with E-state index in [-0.39, 0.29) is 11.9 Å². The average Bonchev–Trinajstić information content (AvgIpc) is 2.40. The molecule has 100 valence electrons. The Morgan fingerprint density at radius 2 is 1.89 bits per heavy atom. The molecule has 1 atom stereocenters. The zero-order valence-electron chi connectivity index (χ0n) is 11.5. The molecule has 0 saturated carbocycles. The summed E-state index contributed by atoms with van der Waals surface area (Å²) in [5, 5.41) is 3.44. The van der Waals surface area contributed by atoms with Crippen molar-refractivity contribution in [2.45, 2.75) is 26.3 Å². The minimum atomic E-state index is -0.127. The lowest BCUT2D eigenvalue weighted by atomic mass is 9.97. The van der Waals surface area contributed by atoms with Crippen molar-refractivity contribution < 1.29 is 4.39 Å². The molecule has 0 spiro atoms. The van der Waals surface area contributed by atoms with Crippen molar-refractivity contribution >= 4 is 0 Å². The first-order chi connectivity index (χ1) is 9.20. The van der Waals surface area contributed by atoms with Crippen LogP contribution in [-0.4, -0.2) is 6.54 Å². The van der Waals surface area contributed by atoms with Crippen molar-refractivity contribution in [3.63, 3.8) is 0 Å². The summed E-state index contributed by atoms with van der Waals surface area (Å²) in [6.07, 6.45) is 0.671. The van der Waals surface area contributed by atoms with Gasteiger partial charge in [-0.25, -0.2) is 4.39 Å². The quantitative estimate of drug-likeness (QED) is 0.852. The van der Waals surface area contributed by atoms with Crippen molar-refractivity contribution in [1.82, 2.24) is 5.32 Å². The van der Waals surface area contributed by atoms with Gasteiger partial charge in [-0.2, -0.15) is 0 Å². The van der Waals surface area contributed by atoms with E-state index in [2.05, 4.69) is 43.4 Å². The van der Waals surface area contributed by atoms with Crippen LogP contribution in [0.2, 0.25) is 0 Å². The van der Waals surface area contributed by atoms with Gasteiger partial charge in [0.2, 0.25) is 0 Å². The maximum Gasteiger partial charge on any atom is 0.126 e. The van der Waals surface area contributed by atoms with Gasteiger partial charge >= 0.3 is 0 Å². The van der Waals surface area contributed by atoms with E-state index in [0.717, 1.165) is 12.1 Å². The zero-order valence-corrected chi connectivity index (χ0v) is 11.5. The lowest BCUT2D eigenvalue weighted by Crippen LogP contribution is -2.23. The van der Waals surface area contributed by atoms with E-state index in [4.69, 9.17) is 0 Å². The van der Waals surface area contributed by atoms with Crippen LogP contribution in [0.3, 0.4) is 0 Å². The Morgan fingerprint density at radius 3 is 2.58 bits per heavy atom. The normalized spacial score (nSPS) is 12.4. The average molecular weight is 257 g/mol. The highest BCUT2D eigenvalue weighted by atomic mass is 19.1. The molecule has 0 aliphatic carbocycles. The fourth-order valence-corrected chi connectivity index (χ4v) is 2.32. The largest absolute Gasteiger partial charge is 0.310 e. The molecule has 0 amide bonds. The molecule has 0 heterocycles. The van der Waals surface area contributed by atoms with Gasteiger partial charge in [0, 0.05) is 6.04 Å². The highest BCUT2D eigenvalue weighted by Gasteiger charge is 2.13. The van der Waals surface area contributed by atoms with Crippen LogP contribution in [0.15, 0.2) is 48.5 Å². The summed E-state index contributed by atoms with van der Waals surface area (Å²) in [7, 11) is 0. The number of hydrogen-bond acceptors (Lipinski definition) is 1. The van der Waals surface area contributed by atoms with E-state index >= 15 is 0 Å². The molecular formula is C17H20FN. The topological polar surface area (TPSA) is 12.0 Å². The van der Waals surface area contributed by atoms with Crippen LogP contribution in [0.5, 0.6) is 0 Å². The Labute approximate surface area is 114 Å². The lowest BCUT2D eigenvalue weighted by molar-refractivity contribution is 0.528. The minimum absolute atomic E-state index is 0.127. The van der Waals surface area contributed by atoms with Gasteiger partial charge in [-0.1, -0.05) is 55.0 Å². The fourth-order valence-electron chi connectivity index (χ4n) is 2.32. The Balaban J connectivity index is 2.24. The fraction of sp³-hybridized carbons (Fsp3) is 0.294. The third-order valence-electron chi connectivity index (χ3n) is 3.28. The molecule has 0 aliphatic rings. The number of hydrogen-bond donors (Lipinski definition) is 1. The molecule has 0 bridgehead atoms. The van der Waals surface area contributed by atoms with Crippen molar-refractivity contribution in [2.75, 3.05) is 6.54 Å². The van der Waals surface area contributed by atoms with Crippen LogP contribution in [0.1, 0.15) is 29.7 Å². The molecule has 2 aromatic rings. The summed E-state index contributed by atoms with van der Waals surface area (Å²) in [5.74, 6) is -0.127. The SMILES string of the molecule is CCNC(Cc1ccccc1F)c1cccc(C)c1. The number of nitrogens with one attached hydrogen (secondary N) is 1. The maximum absolute atomic E-state index is 13.8. The van der Waals surface area contributed by atoms with Crippen molar-refractivity contribution in [3.8, 4) is 0 Å². The predicted molar refractivity (Wildman–Crippen MR) is 77.7 cm³/mol. The molecule has 1 nitrogen and oxygen atoms in total. The summed E-state index contributed by atoms with van der Waals surface area (Å²) >= 11 is 0. The minimum Gasteiger partial charge on any atom is -0.310 e. The van der Waals surface area contributed by atoms with Gasteiger partial charge in [0.25, 0.3) is 0 Å². The molecular weight excluding hydrogens is 237 g/mol. The van der Waals surface area contributed by atoms with Gasteiger partial charge in [-0.05, 0) is 37.1 Å². The van der Waals surface area contributed by atoms with Gasteiger partial charge in [0.1, 0.15) is 5.82 Å². The molecule has 2 rings (SSSR count). The van der Waals surface area contributed by atoms with Crippen LogP contribution >= 0.6 is 0 Å². The second-order valence-electron chi connectivity index (χ2n) is 4.82. The Hall–Kier alpha value is -1.67. The van der Waals surface area contributed by atoms with Crippen LogP contribution in [-0.2, 0) is 6.42 Å². The van der Waals surface area contributed by atoms with E-state index in [1.165, 1.54) is 17.2 Å². The number of aryl methyl sites for hydroxylation is 1. The summed E-state index contributed by atoms with van der Waals surface area (Å²) in [6, 6.07) is 15.5. The van der Waals surface area contributed by atoms with Gasteiger partial charge in [0.05, 0.1) is 0 Å². The van der Waals surface area contributed by atoms with Crippen LogP contribution in [0.4, 0.5) is 4.39 Å². The van der Waals surface area contributed by atoms with E-state index < -0.39 is 0 Å².